The molecule has 2 aliphatic rings. The van der Waals surface area contributed by atoms with Crippen molar-refractivity contribution in [1.82, 2.24) is 4.57 Å². The predicted molar refractivity (Wildman–Crippen MR) is 143 cm³/mol. The van der Waals surface area contributed by atoms with Crippen molar-refractivity contribution in [3.63, 3.8) is 0 Å². The highest BCUT2D eigenvalue weighted by Crippen LogP contribution is 2.38. The van der Waals surface area contributed by atoms with E-state index in [1.165, 1.54) is 11.3 Å². The molecular weight excluding hydrogens is 560 g/mol. The molecule has 5 rings (SSSR count). The Morgan fingerprint density at radius 3 is 2.84 bits per heavy atom. The number of aromatic nitrogens is 1. The minimum absolute atomic E-state index is 0.119. The van der Waals surface area contributed by atoms with Gasteiger partial charge in [-0.05, 0) is 71.2 Å². The van der Waals surface area contributed by atoms with Crippen LogP contribution < -0.4 is 29.1 Å². The maximum atomic E-state index is 13.8. The van der Waals surface area contributed by atoms with Crippen molar-refractivity contribution in [2.45, 2.75) is 19.9 Å². The molecular formula is C27H23BrN2O6S. The lowest BCUT2D eigenvalue weighted by molar-refractivity contribution is -0.139. The molecule has 10 heteroatoms. The molecule has 2 aliphatic heterocycles. The summed E-state index contributed by atoms with van der Waals surface area (Å²) in [6.45, 7) is 7.86. The number of fused-ring (bicyclic) bond motifs is 2. The van der Waals surface area contributed by atoms with Crippen molar-refractivity contribution in [3.8, 4) is 17.2 Å². The number of rotatable bonds is 7. The third kappa shape index (κ3) is 4.74. The summed E-state index contributed by atoms with van der Waals surface area (Å²) in [7, 11) is 0. The zero-order valence-corrected chi connectivity index (χ0v) is 22.6. The Balaban J connectivity index is 1.65. The van der Waals surface area contributed by atoms with Crippen molar-refractivity contribution in [1.29, 1.82) is 0 Å². The highest BCUT2D eigenvalue weighted by molar-refractivity contribution is 9.10. The van der Waals surface area contributed by atoms with E-state index in [-0.39, 0.29) is 19.0 Å². The summed E-state index contributed by atoms with van der Waals surface area (Å²) in [5, 5.41) is 0. The highest BCUT2D eigenvalue weighted by atomic mass is 79.9. The van der Waals surface area contributed by atoms with Gasteiger partial charge in [0, 0.05) is 0 Å². The van der Waals surface area contributed by atoms with Gasteiger partial charge >= 0.3 is 5.97 Å². The summed E-state index contributed by atoms with van der Waals surface area (Å²) in [5.74, 6) is 1.33. The summed E-state index contributed by atoms with van der Waals surface area (Å²) in [4.78, 5) is 31.9. The van der Waals surface area contributed by atoms with E-state index in [0.717, 1.165) is 10.0 Å². The lowest BCUT2D eigenvalue weighted by Gasteiger charge is -2.24. The van der Waals surface area contributed by atoms with Gasteiger partial charge in [-0.3, -0.25) is 9.36 Å². The number of hydrogen-bond donors (Lipinski definition) is 0. The van der Waals surface area contributed by atoms with E-state index in [9.17, 15) is 9.59 Å². The smallest absolute Gasteiger partial charge is 0.338 e. The lowest BCUT2D eigenvalue weighted by Crippen LogP contribution is -2.39. The largest absolute Gasteiger partial charge is 0.488 e. The molecule has 0 saturated carbocycles. The fraction of sp³-hybridized carbons (Fsp3) is 0.222. The zero-order chi connectivity index (χ0) is 26.1. The summed E-state index contributed by atoms with van der Waals surface area (Å²) in [6, 6.07) is 10.2. The van der Waals surface area contributed by atoms with Gasteiger partial charge in [0.25, 0.3) is 5.56 Å². The molecule has 0 saturated heterocycles. The summed E-state index contributed by atoms with van der Waals surface area (Å²) >= 11 is 4.78. The van der Waals surface area contributed by atoms with Crippen LogP contribution in [0, 0.1) is 0 Å². The SMILES string of the molecule is C=CCOc1ccc(C=c2sc3n(c2=O)[C@H](c2ccc4c(c2)OCO4)C(C(=O)OCC)=C(C)N=3)cc1Br. The third-order valence-corrected chi connectivity index (χ3v) is 7.44. The Morgan fingerprint density at radius 1 is 1.27 bits per heavy atom. The predicted octanol–water partition coefficient (Wildman–Crippen LogP) is 3.85. The molecule has 0 radical (unpaired) electrons. The van der Waals surface area contributed by atoms with Crippen LogP contribution in [0.1, 0.15) is 31.0 Å². The molecule has 0 fully saturated rings. The Labute approximate surface area is 224 Å². The lowest BCUT2D eigenvalue weighted by atomic mass is 9.95. The maximum Gasteiger partial charge on any atom is 0.338 e. The zero-order valence-electron chi connectivity index (χ0n) is 20.2. The van der Waals surface area contributed by atoms with Crippen molar-refractivity contribution in [3.05, 3.63) is 95.6 Å². The number of ether oxygens (including phenoxy) is 4. The number of carbonyl (C=O) groups excluding carboxylic acids is 1. The third-order valence-electron chi connectivity index (χ3n) is 5.84. The van der Waals surface area contributed by atoms with Gasteiger partial charge in [0.05, 0.1) is 32.9 Å². The standard InChI is InChI=1S/C27H23BrN2O6S/c1-4-10-34-19-8-6-16(11-18(19)28)12-22-25(31)30-24(17-7-9-20-21(13-17)36-14-35-20)23(26(32)33-5-2)15(3)29-27(30)37-22/h4,6-9,11-13,24H,1,5,10,14H2,2-3H3/t24-/m1/s1. The second-order valence-corrected chi connectivity index (χ2v) is 10.1. The topological polar surface area (TPSA) is 88.3 Å². The molecule has 8 nitrogen and oxygen atoms in total. The van der Waals surface area contributed by atoms with E-state index >= 15 is 0 Å². The summed E-state index contributed by atoms with van der Waals surface area (Å²) in [5.41, 5.74) is 2.06. The molecule has 0 N–H and O–H groups in total. The first kappa shape index (κ1) is 25.0. The number of thiazole rings is 1. The molecule has 0 amide bonds. The molecule has 190 valence electrons. The van der Waals surface area contributed by atoms with Crippen LogP contribution in [0.15, 0.2) is 74.6 Å². The van der Waals surface area contributed by atoms with Gasteiger partial charge in [-0.15, -0.1) is 0 Å². The Bertz CT molecular complexity index is 1620. The number of halogens is 1. The van der Waals surface area contributed by atoms with E-state index in [2.05, 4.69) is 27.5 Å². The summed E-state index contributed by atoms with van der Waals surface area (Å²) < 4.78 is 24.8. The normalized spacial score (nSPS) is 16.3. The van der Waals surface area contributed by atoms with Gasteiger partial charge in [-0.25, -0.2) is 9.79 Å². The quantitative estimate of drug-likeness (QED) is 0.310. The van der Waals surface area contributed by atoms with Gasteiger partial charge < -0.3 is 18.9 Å². The fourth-order valence-corrected chi connectivity index (χ4v) is 5.77. The molecule has 37 heavy (non-hydrogen) atoms. The molecule has 2 aromatic carbocycles. The first-order chi connectivity index (χ1) is 17.9. The van der Waals surface area contributed by atoms with Crippen LogP contribution in [0.3, 0.4) is 0 Å². The molecule has 0 spiro atoms. The first-order valence-electron chi connectivity index (χ1n) is 11.5. The highest BCUT2D eigenvalue weighted by Gasteiger charge is 2.34. The van der Waals surface area contributed by atoms with Gasteiger partial charge in [-0.2, -0.15) is 0 Å². The van der Waals surface area contributed by atoms with E-state index in [4.69, 9.17) is 18.9 Å². The van der Waals surface area contributed by atoms with E-state index in [0.29, 0.717) is 50.0 Å². The van der Waals surface area contributed by atoms with Gasteiger partial charge in [-0.1, -0.05) is 36.1 Å². The number of esters is 1. The van der Waals surface area contributed by atoms with Gasteiger partial charge in [0.1, 0.15) is 12.4 Å². The second kappa shape index (κ2) is 10.4. The van der Waals surface area contributed by atoms with Crippen LogP contribution in [0.25, 0.3) is 6.08 Å². The van der Waals surface area contributed by atoms with Crippen molar-refractivity contribution in [2.75, 3.05) is 20.0 Å². The molecule has 0 bridgehead atoms. The van der Waals surface area contributed by atoms with Crippen molar-refractivity contribution >= 4 is 39.3 Å². The van der Waals surface area contributed by atoms with Crippen LogP contribution in [0.2, 0.25) is 0 Å². The maximum absolute atomic E-state index is 13.8. The minimum Gasteiger partial charge on any atom is -0.488 e. The Hall–Kier alpha value is -3.63. The van der Waals surface area contributed by atoms with Gasteiger partial charge in [0.2, 0.25) is 6.79 Å². The number of allylic oxidation sites excluding steroid dienone is 1. The van der Waals surface area contributed by atoms with Crippen LogP contribution in [0.4, 0.5) is 0 Å². The van der Waals surface area contributed by atoms with Crippen LogP contribution in [-0.4, -0.2) is 30.5 Å². The number of hydrogen-bond acceptors (Lipinski definition) is 8. The monoisotopic (exact) mass is 582 g/mol. The van der Waals surface area contributed by atoms with Crippen LogP contribution >= 0.6 is 27.3 Å². The molecule has 1 aromatic heterocycles. The minimum atomic E-state index is -0.728. The van der Waals surface area contributed by atoms with Crippen molar-refractivity contribution < 1.29 is 23.7 Å². The number of carbonyl (C=O) groups is 1. The number of nitrogens with zero attached hydrogens (tertiary/aromatic N) is 2. The molecule has 0 aliphatic carbocycles. The second-order valence-electron chi connectivity index (χ2n) is 8.20. The average molecular weight is 583 g/mol. The van der Waals surface area contributed by atoms with Gasteiger partial charge in [0.15, 0.2) is 16.3 Å². The van der Waals surface area contributed by atoms with Crippen LogP contribution in [0.5, 0.6) is 17.2 Å². The Kier molecular flexibility index (Phi) is 7.03. The fourth-order valence-electron chi connectivity index (χ4n) is 4.21. The van der Waals surface area contributed by atoms with E-state index in [1.54, 1.807) is 42.7 Å². The molecule has 1 atom stereocenters. The van der Waals surface area contributed by atoms with E-state index in [1.807, 2.05) is 24.3 Å². The van der Waals surface area contributed by atoms with Crippen LogP contribution in [-0.2, 0) is 9.53 Å². The number of benzene rings is 2. The van der Waals surface area contributed by atoms with E-state index < -0.39 is 12.0 Å². The first-order valence-corrected chi connectivity index (χ1v) is 13.1. The molecule has 3 aromatic rings. The molecule has 0 unspecified atom stereocenters. The Morgan fingerprint density at radius 2 is 2.08 bits per heavy atom. The van der Waals surface area contributed by atoms with Crippen molar-refractivity contribution in [2.24, 2.45) is 4.99 Å². The summed E-state index contributed by atoms with van der Waals surface area (Å²) in [6.07, 6.45) is 3.47. The average Bonchev–Trinajstić information content (AvgIpc) is 3.46. The molecule has 3 heterocycles.